The highest BCUT2D eigenvalue weighted by atomic mass is 19.1. The Morgan fingerprint density at radius 1 is 1.22 bits per heavy atom. The highest BCUT2D eigenvalue weighted by Gasteiger charge is 2.22. The van der Waals surface area contributed by atoms with E-state index < -0.39 is 0 Å². The highest BCUT2D eigenvalue weighted by molar-refractivity contribution is 5.88. The van der Waals surface area contributed by atoms with E-state index in [1.807, 2.05) is 18.3 Å². The van der Waals surface area contributed by atoms with Crippen LogP contribution in [0.1, 0.15) is 42.4 Å². The molecule has 170 valence electrons. The molecular formula is C26H32FN3O2. The van der Waals surface area contributed by atoms with Gasteiger partial charge in [-0.05, 0) is 48.2 Å². The Bertz CT molecular complexity index is 1040. The second-order valence-corrected chi connectivity index (χ2v) is 8.41. The van der Waals surface area contributed by atoms with Crippen LogP contribution in [-0.2, 0) is 16.0 Å². The van der Waals surface area contributed by atoms with Crippen LogP contribution in [0.5, 0.6) is 0 Å². The zero-order chi connectivity index (χ0) is 22.3. The third kappa shape index (κ3) is 5.37. The van der Waals surface area contributed by atoms with Crippen LogP contribution in [0.15, 0.2) is 48.7 Å². The van der Waals surface area contributed by atoms with E-state index in [1.165, 1.54) is 11.6 Å². The van der Waals surface area contributed by atoms with Gasteiger partial charge < -0.3 is 15.0 Å². The third-order valence-corrected chi connectivity index (χ3v) is 6.31. The molecule has 1 aromatic heterocycles. The molecule has 0 saturated carbocycles. The average Bonchev–Trinajstić information content (AvgIpc) is 3.25. The topological polar surface area (TPSA) is 57.4 Å². The number of para-hydroxylation sites is 1. The summed E-state index contributed by atoms with van der Waals surface area (Å²) in [6.07, 6.45) is 4.09. The molecule has 1 aliphatic heterocycles. The van der Waals surface area contributed by atoms with Crippen LogP contribution in [0, 0.1) is 5.82 Å². The molecule has 1 saturated heterocycles. The number of halogens is 1. The molecule has 2 N–H and O–H groups in total. The fraction of sp³-hybridized carbons (Fsp3) is 0.423. The average molecular weight is 438 g/mol. The molecule has 2 aromatic carbocycles. The van der Waals surface area contributed by atoms with Gasteiger partial charge in [0.2, 0.25) is 5.91 Å². The highest BCUT2D eigenvalue weighted by Crippen LogP contribution is 2.34. The fourth-order valence-corrected chi connectivity index (χ4v) is 4.57. The number of benzene rings is 2. The van der Waals surface area contributed by atoms with Gasteiger partial charge in [-0.1, -0.05) is 37.3 Å². The van der Waals surface area contributed by atoms with E-state index in [9.17, 15) is 9.18 Å². The summed E-state index contributed by atoms with van der Waals surface area (Å²) in [6.45, 7) is 7.20. The lowest BCUT2D eigenvalue weighted by Crippen LogP contribution is -2.38. The van der Waals surface area contributed by atoms with Gasteiger partial charge in [-0.2, -0.15) is 0 Å². The monoisotopic (exact) mass is 437 g/mol. The smallest absolute Gasteiger partial charge is 0.220 e. The van der Waals surface area contributed by atoms with Crippen LogP contribution in [-0.4, -0.2) is 55.2 Å². The van der Waals surface area contributed by atoms with Crippen molar-refractivity contribution in [2.24, 2.45) is 0 Å². The molecule has 0 spiro atoms. The van der Waals surface area contributed by atoms with E-state index in [4.69, 9.17) is 4.74 Å². The van der Waals surface area contributed by atoms with Crippen molar-refractivity contribution in [2.45, 2.75) is 32.1 Å². The van der Waals surface area contributed by atoms with Crippen molar-refractivity contribution in [3.63, 3.8) is 0 Å². The Hall–Kier alpha value is -2.70. The SMILES string of the molecule is CCc1cccc2c(C(CC(=O)NCCCN3CCOCC3)c3cccc(F)c3)c[nH]c12. The molecule has 1 aliphatic rings. The summed E-state index contributed by atoms with van der Waals surface area (Å²) < 4.78 is 19.4. The quantitative estimate of drug-likeness (QED) is 0.493. The summed E-state index contributed by atoms with van der Waals surface area (Å²) in [5, 5.41) is 4.16. The molecule has 32 heavy (non-hydrogen) atoms. The zero-order valence-electron chi connectivity index (χ0n) is 18.7. The number of morpholine rings is 1. The van der Waals surface area contributed by atoms with Crippen molar-refractivity contribution in [1.29, 1.82) is 0 Å². The van der Waals surface area contributed by atoms with Crippen molar-refractivity contribution in [3.8, 4) is 0 Å². The first-order valence-corrected chi connectivity index (χ1v) is 11.6. The molecule has 4 rings (SSSR count). The normalized spacial score (nSPS) is 15.7. The number of carbonyl (C=O) groups is 1. The first-order chi connectivity index (χ1) is 15.7. The zero-order valence-corrected chi connectivity index (χ0v) is 18.7. The Morgan fingerprint density at radius 3 is 2.81 bits per heavy atom. The van der Waals surface area contributed by atoms with E-state index in [-0.39, 0.29) is 24.1 Å². The molecular weight excluding hydrogens is 405 g/mol. The minimum atomic E-state index is -0.285. The first kappa shape index (κ1) is 22.5. The third-order valence-electron chi connectivity index (χ3n) is 6.31. The summed E-state index contributed by atoms with van der Waals surface area (Å²) in [6, 6.07) is 12.8. The van der Waals surface area contributed by atoms with E-state index in [1.54, 1.807) is 12.1 Å². The predicted molar refractivity (Wildman–Crippen MR) is 125 cm³/mol. The number of aromatic amines is 1. The molecule has 6 heteroatoms. The van der Waals surface area contributed by atoms with Crippen molar-refractivity contribution in [2.75, 3.05) is 39.4 Å². The lowest BCUT2D eigenvalue weighted by molar-refractivity contribution is -0.121. The van der Waals surface area contributed by atoms with Crippen LogP contribution < -0.4 is 5.32 Å². The maximum absolute atomic E-state index is 14.0. The Labute approximate surface area is 189 Å². The Balaban J connectivity index is 1.47. The van der Waals surface area contributed by atoms with Gasteiger partial charge in [0.15, 0.2) is 0 Å². The lowest BCUT2D eigenvalue weighted by Gasteiger charge is -2.26. The van der Waals surface area contributed by atoms with Gasteiger partial charge in [0.25, 0.3) is 0 Å². The number of fused-ring (bicyclic) bond motifs is 1. The minimum absolute atomic E-state index is 0.0118. The minimum Gasteiger partial charge on any atom is -0.379 e. The van der Waals surface area contributed by atoms with E-state index in [0.29, 0.717) is 6.54 Å². The number of hydrogen-bond donors (Lipinski definition) is 2. The summed E-state index contributed by atoms with van der Waals surface area (Å²) in [5.74, 6) is -0.513. The molecule has 1 amide bonds. The van der Waals surface area contributed by atoms with Crippen LogP contribution >= 0.6 is 0 Å². The van der Waals surface area contributed by atoms with Crippen molar-refractivity contribution in [3.05, 3.63) is 71.2 Å². The molecule has 3 aromatic rings. The number of rotatable bonds is 9. The van der Waals surface area contributed by atoms with Gasteiger partial charge in [0.1, 0.15) is 5.82 Å². The maximum Gasteiger partial charge on any atom is 0.220 e. The Kier molecular flexibility index (Phi) is 7.55. The van der Waals surface area contributed by atoms with Crippen LogP contribution in [0.3, 0.4) is 0 Å². The molecule has 0 aliphatic carbocycles. The first-order valence-electron chi connectivity index (χ1n) is 11.6. The predicted octanol–water partition coefficient (Wildman–Crippen LogP) is 4.23. The summed E-state index contributed by atoms with van der Waals surface area (Å²) in [5.41, 5.74) is 4.18. The number of aromatic nitrogens is 1. The number of ether oxygens (including phenoxy) is 1. The molecule has 5 nitrogen and oxygen atoms in total. The number of aryl methyl sites for hydroxylation is 1. The molecule has 1 fully saturated rings. The van der Waals surface area contributed by atoms with Crippen molar-refractivity contribution >= 4 is 16.8 Å². The summed E-state index contributed by atoms with van der Waals surface area (Å²) >= 11 is 0. The van der Waals surface area contributed by atoms with Gasteiger partial charge >= 0.3 is 0 Å². The second kappa shape index (κ2) is 10.7. The van der Waals surface area contributed by atoms with Crippen molar-refractivity contribution < 1.29 is 13.9 Å². The number of carbonyl (C=O) groups excluding carboxylic acids is 1. The molecule has 0 bridgehead atoms. The molecule has 1 atom stereocenters. The van der Waals surface area contributed by atoms with E-state index in [2.05, 4.69) is 34.3 Å². The summed E-state index contributed by atoms with van der Waals surface area (Å²) in [4.78, 5) is 18.6. The van der Waals surface area contributed by atoms with Gasteiger partial charge in [-0.15, -0.1) is 0 Å². The second-order valence-electron chi connectivity index (χ2n) is 8.41. The van der Waals surface area contributed by atoms with E-state index in [0.717, 1.165) is 67.7 Å². The van der Waals surface area contributed by atoms with Crippen LogP contribution in [0.2, 0.25) is 0 Å². The van der Waals surface area contributed by atoms with Crippen LogP contribution in [0.25, 0.3) is 10.9 Å². The standard InChI is InChI=1S/C26H32FN3O2/c1-2-19-6-4-9-22-24(18-29-26(19)22)23(20-7-3-8-21(27)16-20)17-25(31)28-10-5-11-30-12-14-32-15-13-30/h3-4,6-9,16,18,23,29H,2,5,10-15,17H2,1H3,(H,28,31). The molecule has 1 unspecified atom stereocenters. The maximum atomic E-state index is 14.0. The number of nitrogens with one attached hydrogen (secondary N) is 2. The van der Waals surface area contributed by atoms with Gasteiger partial charge in [0.05, 0.1) is 13.2 Å². The van der Waals surface area contributed by atoms with Gasteiger partial charge in [0, 0.05) is 49.1 Å². The lowest BCUT2D eigenvalue weighted by atomic mass is 9.87. The van der Waals surface area contributed by atoms with E-state index >= 15 is 0 Å². The largest absolute Gasteiger partial charge is 0.379 e. The number of hydrogen-bond acceptors (Lipinski definition) is 3. The van der Waals surface area contributed by atoms with Crippen molar-refractivity contribution in [1.82, 2.24) is 15.2 Å². The number of amides is 1. The van der Waals surface area contributed by atoms with Crippen LogP contribution in [0.4, 0.5) is 4.39 Å². The number of nitrogens with zero attached hydrogens (tertiary/aromatic N) is 1. The summed E-state index contributed by atoms with van der Waals surface area (Å²) in [7, 11) is 0. The fourth-order valence-electron chi connectivity index (χ4n) is 4.57. The van der Waals surface area contributed by atoms with Gasteiger partial charge in [-0.3, -0.25) is 9.69 Å². The molecule has 2 heterocycles. The molecule has 0 radical (unpaired) electrons. The number of H-pyrrole nitrogens is 1. The Morgan fingerprint density at radius 2 is 2.03 bits per heavy atom. The van der Waals surface area contributed by atoms with Gasteiger partial charge in [-0.25, -0.2) is 4.39 Å².